The predicted octanol–water partition coefficient (Wildman–Crippen LogP) is 1.39. The Labute approximate surface area is 118 Å². The Bertz CT molecular complexity index is 545. The number of methoxy groups -OCH3 is 1. The molecule has 0 radical (unpaired) electrons. The number of nitro benzene ring substituents is 1. The standard InChI is InChI=1S/C11H12N2O8/c1-19-10-5-8(7-14)9(12(15)16)6-11(10)20-3-2-4-21-13(17)18/h5-7H,2-4H2,1H3. The van der Waals surface area contributed by atoms with Crippen LogP contribution in [-0.2, 0) is 4.84 Å². The van der Waals surface area contributed by atoms with Crippen LogP contribution in [0.25, 0.3) is 0 Å². The zero-order valence-corrected chi connectivity index (χ0v) is 11.0. The first-order chi connectivity index (χ1) is 9.99. The van der Waals surface area contributed by atoms with Gasteiger partial charge >= 0.3 is 0 Å². The second-order valence-corrected chi connectivity index (χ2v) is 3.70. The van der Waals surface area contributed by atoms with E-state index in [1.54, 1.807) is 0 Å². The summed E-state index contributed by atoms with van der Waals surface area (Å²) in [6.45, 7) is -0.133. The quantitative estimate of drug-likeness (QED) is 0.289. The van der Waals surface area contributed by atoms with Crippen molar-refractivity contribution in [2.45, 2.75) is 6.42 Å². The average molecular weight is 300 g/mol. The smallest absolute Gasteiger partial charge is 0.294 e. The van der Waals surface area contributed by atoms with Crippen LogP contribution in [0.4, 0.5) is 5.69 Å². The molecule has 1 aromatic carbocycles. The van der Waals surface area contributed by atoms with Gasteiger partial charge in [0.25, 0.3) is 10.8 Å². The van der Waals surface area contributed by atoms with Crippen molar-refractivity contribution < 1.29 is 29.1 Å². The first-order valence-corrected chi connectivity index (χ1v) is 5.71. The summed E-state index contributed by atoms with van der Waals surface area (Å²) < 4.78 is 10.2. The van der Waals surface area contributed by atoms with Gasteiger partial charge in [0.2, 0.25) is 0 Å². The van der Waals surface area contributed by atoms with Crippen molar-refractivity contribution in [2.75, 3.05) is 20.3 Å². The molecule has 0 aliphatic heterocycles. The zero-order chi connectivity index (χ0) is 15.8. The Morgan fingerprint density at radius 3 is 2.43 bits per heavy atom. The first kappa shape index (κ1) is 16.1. The molecule has 0 saturated heterocycles. The lowest BCUT2D eigenvalue weighted by molar-refractivity contribution is -0.757. The number of ether oxygens (including phenoxy) is 2. The van der Waals surface area contributed by atoms with Crippen molar-refractivity contribution in [3.8, 4) is 11.5 Å². The summed E-state index contributed by atoms with van der Waals surface area (Å²) in [6, 6.07) is 2.25. The Hall–Kier alpha value is -2.91. The summed E-state index contributed by atoms with van der Waals surface area (Å²) in [6.07, 6.45) is 0.544. The van der Waals surface area contributed by atoms with Crippen LogP contribution in [0, 0.1) is 20.2 Å². The van der Waals surface area contributed by atoms with E-state index in [9.17, 15) is 25.0 Å². The highest BCUT2D eigenvalue weighted by atomic mass is 16.9. The van der Waals surface area contributed by atoms with E-state index in [4.69, 9.17) is 9.47 Å². The highest BCUT2D eigenvalue weighted by molar-refractivity contribution is 5.83. The molecule has 10 heteroatoms. The van der Waals surface area contributed by atoms with E-state index >= 15 is 0 Å². The summed E-state index contributed by atoms with van der Waals surface area (Å²) in [7, 11) is 1.32. The van der Waals surface area contributed by atoms with Crippen LogP contribution in [0.5, 0.6) is 11.5 Å². The molecule has 1 aromatic rings. The van der Waals surface area contributed by atoms with Gasteiger partial charge in [-0.15, -0.1) is 10.1 Å². The van der Waals surface area contributed by atoms with Crippen LogP contribution in [0.1, 0.15) is 16.8 Å². The minimum atomic E-state index is -0.926. The third kappa shape index (κ3) is 4.60. The Morgan fingerprint density at radius 1 is 1.19 bits per heavy atom. The zero-order valence-electron chi connectivity index (χ0n) is 11.0. The number of nitro groups is 1. The average Bonchev–Trinajstić information content (AvgIpc) is 2.45. The van der Waals surface area contributed by atoms with Crippen molar-refractivity contribution in [3.63, 3.8) is 0 Å². The van der Waals surface area contributed by atoms with Gasteiger partial charge in [0.05, 0.1) is 36.9 Å². The van der Waals surface area contributed by atoms with Gasteiger partial charge in [-0.3, -0.25) is 14.9 Å². The van der Waals surface area contributed by atoms with Gasteiger partial charge in [0.1, 0.15) is 0 Å². The molecule has 21 heavy (non-hydrogen) atoms. The van der Waals surface area contributed by atoms with Gasteiger partial charge in [-0.1, -0.05) is 0 Å². The molecule has 114 valence electrons. The highest BCUT2D eigenvalue weighted by Crippen LogP contribution is 2.34. The largest absolute Gasteiger partial charge is 0.493 e. The molecule has 0 heterocycles. The SMILES string of the molecule is COc1cc(C=O)c([N+](=O)[O-])cc1OCCCO[N+](=O)[O-]. The lowest BCUT2D eigenvalue weighted by Crippen LogP contribution is -2.07. The normalized spacial score (nSPS) is 9.76. The van der Waals surface area contributed by atoms with E-state index in [1.807, 2.05) is 0 Å². The molecule has 0 aliphatic rings. The van der Waals surface area contributed by atoms with Gasteiger partial charge in [-0.2, -0.15) is 0 Å². The summed E-state index contributed by atoms with van der Waals surface area (Å²) in [5, 5.41) is 19.9. The number of nitrogens with zero attached hydrogens (tertiary/aromatic N) is 2. The predicted molar refractivity (Wildman–Crippen MR) is 68.1 cm³/mol. The maximum Gasteiger partial charge on any atom is 0.294 e. The van der Waals surface area contributed by atoms with E-state index in [2.05, 4.69) is 4.84 Å². The van der Waals surface area contributed by atoms with Crippen molar-refractivity contribution in [3.05, 3.63) is 37.9 Å². The van der Waals surface area contributed by atoms with Crippen LogP contribution in [0.15, 0.2) is 12.1 Å². The van der Waals surface area contributed by atoms with Crippen LogP contribution in [0.3, 0.4) is 0 Å². The topological polar surface area (TPSA) is 131 Å². The Kier molecular flexibility index (Phi) is 5.86. The molecular weight excluding hydrogens is 288 g/mol. The van der Waals surface area contributed by atoms with Crippen LogP contribution in [-0.4, -0.2) is 36.6 Å². The number of aldehydes is 1. The minimum Gasteiger partial charge on any atom is -0.493 e. The van der Waals surface area contributed by atoms with Gasteiger partial charge in [0, 0.05) is 12.5 Å². The van der Waals surface area contributed by atoms with E-state index in [1.165, 1.54) is 13.2 Å². The summed E-state index contributed by atoms with van der Waals surface area (Å²) >= 11 is 0. The lowest BCUT2D eigenvalue weighted by Gasteiger charge is -2.11. The maximum absolute atomic E-state index is 10.8. The fourth-order valence-corrected chi connectivity index (χ4v) is 1.47. The molecule has 10 nitrogen and oxygen atoms in total. The molecule has 0 bridgehead atoms. The number of hydrogen-bond acceptors (Lipinski definition) is 8. The van der Waals surface area contributed by atoms with Crippen molar-refractivity contribution in [1.82, 2.24) is 0 Å². The van der Waals surface area contributed by atoms with E-state index in [0.29, 0.717) is 6.29 Å². The van der Waals surface area contributed by atoms with Crippen LogP contribution >= 0.6 is 0 Å². The fourth-order valence-electron chi connectivity index (χ4n) is 1.47. The van der Waals surface area contributed by atoms with Gasteiger partial charge in [0.15, 0.2) is 17.8 Å². The van der Waals surface area contributed by atoms with Gasteiger partial charge in [-0.25, -0.2) is 0 Å². The Morgan fingerprint density at radius 2 is 1.90 bits per heavy atom. The monoisotopic (exact) mass is 300 g/mol. The Balaban J connectivity index is 2.80. The number of carbonyl (C=O) groups excluding carboxylic acids is 1. The molecule has 1 rings (SSSR count). The molecule has 0 N–H and O–H groups in total. The molecule has 0 saturated carbocycles. The fraction of sp³-hybridized carbons (Fsp3) is 0.364. The molecule has 0 unspecified atom stereocenters. The molecular formula is C11H12N2O8. The third-order valence-corrected chi connectivity index (χ3v) is 2.38. The molecule has 0 amide bonds. The number of rotatable bonds is 9. The van der Waals surface area contributed by atoms with E-state index in [0.717, 1.165) is 6.07 Å². The third-order valence-electron chi connectivity index (χ3n) is 2.38. The second-order valence-electron chi connectivity index (χ2n) is 3.70. The van der Waals surface area contributed by atoms with Gasteiger partial charge in [-0.05, 0) is 0 Å². The molecule has 0 aromatic heterocycles. The summed E-state index contributed by atoms with van der Waals surface area (Å²) in [5.41, 5.74) is -0.553. The van der Waals surface area contributed by atoms with Crippen molar-refractivity contribution in [2.24, 2.45) is 0 Å². The van der Waals surface area contributed by atoms with Crippen molar-refractivity contribution >= 4 is 12.0 Å². The molecule has 0 spiro atoms. The second kappa shape index (κ2) is 7.62. The summed E-state index contributed by atoms with van der Waals surface area (Å²) in [4.78, 5) is 34.9. The first-order valence-electron chi connectivity index (χ1n) is 5.71. The van der Waals surface area contributed by atoms with Crippen LogP contribution in [0.2, 0.25) is 0 Å². The molecule has 0 atom stereocenters. The summed E-state index contributed by atoms with van der Waals surface area (Å²) in [5.74, 6) is 0.216. The molecule has 0 aliphatic carbocycles. The van der Waals surface area contributed by atoms with Crippen LogP contribution < -0.4 is 9.47 Å². The van der Waals surface area contributed by atoms with E-state index in [-0.39, 0.29) is 36.7 Å². The van der Waals surface area contributed by atoms with E-state index < -0.39 is 15.7 Å². The number of benzene rings is 1. The number of hydrogen-bond donors (Lipinski definition) is 0. The maximum atomic E-state index is 10.8. The lowest BCUT2D eigenvalue weighted by atomic mass is 10.1. The molecule has 0 fully saturated rings. The number of carbonyl (C=O) groups is 1. The van der Waals surface area contributed by atoms with Gasteiger partial charge < -0.3 is 14.3 Å². The minimum absolute atomic E-state index is 0.0296. The highest BCUT2D eigenvalue weighted by Gasteiger charge is 2.19. The van der Waals surface area contributed by atoms with Crippen molar-refractivity contribution in [1.29, 1.82) is 0 Å².